The van der Waals surface area contributed by atoms with E-state index in [1.54, 1.807) is 7.11 Å². The van der Waals surface area contributed by atoms with Crippen molar-refractivity contribution < 1.29 is 4.74 Å². The van der Waals surface area contributed by atoms with Crippen molar-refractivity contribution in [3.05, 3.63) is 23.8 Å². The van der Waals surface area contributed by atoms with Crippen molar-refractivity contribution in [2.75, 3.05) is 13.7 Å². The topological polar surface area (TPSA) is 33.6 Å². The fourth-order valence-electron chi connectivity index (χ4n) is 1.43. The van der Waals surface area contributed by atoms with Crippen LogP contribution in [0, 0.1) is 0 Å². The van der Waals surface area contributed by atoms with Crippen LogP contribution in [0.5, 0.6) is 5.75 Å². The van der Waals surface area contributed by atoms with E-state index in [-0.39, 0.29) is 0 Å². The number of thiocarbonyl (C=S) groups is 1. The Labute approximate surface area is 102 Å². The molecule has 0 bridgehead atoms. The van der Waals surface area contributed by atoms with Crippen molar-refractivity contribution >= 4 is 23.1 Å². The molecule has 0 aromatic heterocycles. The third-order valence-electron chi connectivity index (χ3n) is 2.18. The maximum atomic E-state index is 5.28. The Kier molecular flexibility index (Phi) is 5.72. The molecule has 0 aliphatic rings. The van der Waals surface area contributed by atoms with Gasteiger partial charge in [0.15, 0.2) is 0 Å². The summed E-state index contributed by atoms with van der Waals surface area (Å²) >= 11 is 4.58. The molecule has 0 fully saturated rings. The Morgan fingerprint density at radius 3 is 2.94 bits per heavy atom. The van der Waals surface area contributed by atoms with Gasteiger partial charge in [-0.05, 0) is 43.4 Å². The number of nitrogens with zero attached hydrogens (tertiary/aromatic N) is 1. The van der Waals surface area contributed by atoms with Gasteiger partial charge in [0.2, 0.25) is 0 Å². The van der Waals surface area contributed by atoms with Gasteiger partial charge < -0.3 is 10.1 Å². The number of hydrogen-bond acceptors (Lipinski definition) is 4. The van der Waals surface area contributed by atoms with Gasteiger partial charge in [-0.25, -0.2) is 0 Å². The average Bonchev–Trinajstić information content (AvgIpc) is 2.30. The Bertz CT molecular complexity index is 387. The van der Waals surface area contributed by atoms with Crippen molar-refractivity contribution in [3.8, 4) is 5.75 Å². The molecule has 0 spiro atoms. The summed E-state index contributed by atoms with van der Waals surface area (Å²) in [6, 6.07) is 5.72. The first-order valence-electron chi connectivity index (χ1n) is 5.27. The van der Waals surface area contributed by atoms with Crippen LogP contribution in [0.25, 0.3) is 0 Å². The second-order valence-corrected chi connectivity index (χ2v) is 3.56. The monoisotopic (exact) mass is 236 g/mol. The molecule has 4 heteroatoms. The van der Waals surface area contributed by atoms with E-state index in [4.69, 9.17) is 4.74 Å². The maximum absolute atomic E-state index is 5.28. The van der Waals surface area contributed by atoms with Crippen LogP contribution in [0.2, 0.25) is 0 Å². The second-order valence-electron chi connectivity index (χ2n) is 3.38. The molecule has 1 aromatic carbocycles. The third kappa shape index (κ3) is 3.74. The van der Waals surface area contributed by atoms with E-state index in [1.807, 2.05) is 18.2 Å². The number of aliphatic imine (C=N–C) groups is 1. The molecule has 1 rings (SSSR count). The van der Waals surface area contributed by atoms with Crippen molar-refractivity contribution in [1.82, 2.24) is 5.32 Å². The summed E-state index contributed by atoms with van der Waals surface area (Å²) in [5.41, 5.74) is 1.89. The quantitative estimate of drug-likeness (QED) is 0.468. The predicted octanol–water partition coefficient (Wildman–Crippen LogP) is 2.93. The molecule has 1 aromatic rings. The summed E-state index contributed by atoms with van der Waals surface area (Å²) in [6.45, 7) is 3.90. The first kappa shape index (κ1) is 12.8. The number of methoxy groups -OCH3 is 1. The van der Waals surface area contributed by atoms with Gasteiger partial charge in [0, 0.05) is 12.1 Å². The van der Waals surface area contributed by atoms with E-state index in [1.165, 1.54) is 0 Å². The van der Waals surface area contributed by atoms with Gasteiger partial charge in [-0.3, -0.25) is 0 Å². The highest BCUT2D eigenvalue weighted by Gasteiger charge is 2.03. The minimum Gasteiger partial charge on any atom is -0.496 e. The molecule has 0 amide bonds. The van der Waals surface area contributed by atoms with Crippen LogP contribution >= 0.6 is 12.2 Å². The molecule has 0 aliphatic carbocycles. The van der Waals surface area contributed by atoms with Gasteiger partial charge in [-0.1, -0.05) is 6.92 Å². The van der Waals surface area contributed by atoms with Gasteiger partial charge in [0.1, 0.15) is 5.75 Å². The molecule has 3 nitrogen and oxygen atoms in total. The minimum atomic E-state index is 0.776. The van der Waals surface area contributed by atoms with Crippen LogP contribution in [0.4, 0.5) is 5.69 Å². The molecular formula is C12H16N2OS. The molecule has 0 heterocycles. The SMILES string of the molecule is CCCNCc1cc(N=C=S)ccc1OC. The highest BCUT2D eigenvalue weighted by atomic mass is 32.1. The van der Waals surface area contributed by atoms with Crippen LogP contribution in [0.15, 0.2) is 23.2 Å². The number of benzene rings is 1. The zero-order chi connectivity index (χ0) is 11.8. The Balaban J connectivity index is 2.84. The molecule has 86 valence electrons. The third-order valence-corrected chi connectivity index (χ3v) is 2.27. The molecule has 0 aliphatic heterocycles. The van der Waals surface area contributed by atoms with Crippen LogP contribution in [0.1, 0.15) is 18.9 Å². The molecule has 0 atom stereocenters. The molecule has 0 unspecified atom stereocenters. The first-order valence-corrected chi connectivity index (χ1v) is 5.68. The summed E-state index contributed by atoms with van der Waals surface area (Å²) in [7, 11) is 1.67. The number of ether oxygens (including phenoxy) is 1. The number of isothiocyanates is 1. The zero-order valence-corrected chi connectivity index (χ0v) is 10.4. The lowest BCUT2D eigenvalue weighted by molar-refractivity contribution is 0.408. The van der Waals surface area contributed by atoms with E-state index in [0.29, 0.717) is 0 Å². The lowest BCUT2D eigenvalue weighted by atomic mass is 10.1. The van der Waals surface area contributed by atoms with E-state index in [2.05, 4.69) is 34.6 Å². The molecule has 0 saturated carbocycles. The van der Waals surface area contributed by atoms with Gasteiger partial charge >= 0.3 is 0 Å². The van der Waals surface area contributed by atoms with E-state index < -0.39 is 0 Å². The summed E-state index contributed by atoms with van der Waals surface area (Å²) in [6.07, 6.45) is 1.11. The lowest BCUT2D eigenvalue weighted by Crippen LogP contribution is -2.14. The summed E-state index contributed by atoms with van der Waals surface area (Å²) in [4.78, 5) is 3.95. The normalized spacial score (nSPS) is 9.62. The van der Waals surface area contributed by atoms with Gasteiger partial charge in [0.25, 0.3) is 0 Å². The zero-order valence-electron chi connectivity index (χ0n) is 9.62. The van der Waals surface area contributed by atoms with Crippen LogP contribution < -0.4 is 10.1 Å². The molecule has 16 heavy (non-hydrogen) atoms. The summed E-state index contributed by atoms with van der Waals surface area (Å²) in [5.74, 6) is 0.868. The van der Waals surface area contributed by atoms with Crippen molar-refractivity contribution in [3.63, 3.8) is 0 Å². The van der Waals surface area contributed by atoms with Gasteiger partial charge in [-0.15, -0.1) is 0 Å². The molecule has 1 N–H and O–H groups in total. The van der Waals surface area contributed by atoms with E-state index in [9.17, 15) is 0 Å². The standard InChI is InChI=1S/C12H16N2OS/c1-3-6-13-8-10-7-11(14-9-16)4-5-12(10)15-2/h4-5,7,13H,3,6,8H2,1-2H3. The lowest BCUT2D eigenvalue weighted by Gasteiger charge is -2.09. The minimum absolute atomic E-state index is 0.776. The van der Waals surface area contributed by atoms with Crippen LogP contribution in [0.3, 0.4) is 0 Å². The summed E-state index contributed by atoms with van der Waals surface area (Å²) in [5, 5.41) is 5.69. The van der Waals surface area contributed by atoms with Crippen LogP contribution in [-0.4, -0.2) is 18.8 Å². The van der Waals surface area contributed by atoms with Crippen molar-refractivity contribution in [2.24, 2.45) is 4.99 Å². The highest BCUT2D eigenvalue weighted by Crippen LogP contribution is 2.23. The van der Waals surface area contributed by atoms with E-state index in [0.717, 1.165) is 36.5 Å². The van der Waals surface area contributed by atoms with Gasteiger partial charge in [-0.2, -0.15) is 4.99 Å². The Morgan fingerprint density at radius 2 is 2.31 bits per heavy atom. The van der Waals surface area contributed by atoms with E-state index >= 15 is 0 Å². The van der Waals surface area contributed by atoms with Gasteiger partial charge in [0.05, 0.1) is 18.0 Å². The second kappa shape index (κ2) is 7.12. The first-order chi connectivity index (χ1) is 7.81. The average molecular weight is 236 g/mol. The highest BCUT2D eigenvalue weighted by molar-refractivity contribution is 7.78. The number of hydrogen-bond donors (Lipinski definition) is 1. The maximum Gasteiger partial charge on any atom is 0.123 e. The van der Waals surface area contributed by atoms with Crippen molar-refractivity contribution in [2.45, 2.75) is 19.9 Å². The largest absolute Gasteiger partial charge is 0.496 e. The molecular weight excluding hydrogens is 220 g/mol. The molecule has 0 radical (unpaired) electrons. The summed E-state index contributed by atoms with van der Waals surface area (Å²) < 4.78 is 5.28. The Morgan fingerprint density at radius 1 is 1.50 bits per heavy atom. The van der Waals surface area contributed by atoms with Crippen molar-refractivity contribution in [1.29, 1.82) is 0 Å². The molecule has 0 saturated heterocycles. The smallest absolute Gasteiger partial charge is 0.123 e. The number of nitrogens with one attached hydrogen (secondary N) is 1. The fourth-order valence-corrected chi connectivity index (χ4v) is 1.53. The van der Waals surface area contributed by atoms with Crippen LogP contribution in [-0.2, 0) is 6.54 Å². The predicted molar refractivity (Wildman–Crippen MR) is 69.7 cm³/mol. The Hall–Kier alpha value is -1.22. The number of rotatable bonds is 6. The fraction of sp³-hybridized carbons (Fsp3) is 0.417.